The third kappa shape index (κ3) is 5.41. The highest BCUT2D eigenvalue weighted by atomic mass is 79.9. The van der Waals surface area contributed by atoms with Gasteiger partial charge in [-0.2, -0.15) is 0 Å². The van der Waals surface area contributed by atoms with Crippen molar-refractivity contribution >= 4 is 15.9 Å². The molecule has 4 heteroatoms. The van der Waals surface area contributed by atoms with Crippen LogP contribution in [0.4, 0.5) is 4.39 Å². The lowest BCUT2D eigenvalue weighted by Crippen LogP contribution is -2.12. The Labute approximate surface area is 130 Å². The average Bonchev–Trinajstić information content (AvgIpc) is 2.44. The van der Waals surface area contributed by atoms with Crippen molar-refractivity contribution in [3.05, 3.63) is 28.0 Å². The van der Waals surface area contributed by atoms with Crippen LogP contribution >= 0.6 is 15.9 Å². The summed E-state index contributed by atoms with van der Waals surface area (Å²) in [5.41, 5.74) is 7.08. The summed E-state index contributed by atoms with van der Waals surface area (Å²) in [6.07, 6.45) is 8.36. The lowest BCUT2D eigenvalue weighted by molar-refractivity contribution is 0.399. The fraction of sp³-hybridized carbons (Fsp3) is 0.625. The van der Waals surface area contributed by atoms with Crippen molar-refractivity contribution in [3.63, 3.8) is 0 Å². The number of benzene rings is 1. The molecule has 0 aliphatic heterocycles. The molecule has 114 valence electrons. The molecule has 0 saturated carbocycles. The fourth-order valence-electron chi connectivity index (χ4n) is 2.31. The van der Waals surface area contributed by atoms with Gasteiger partial charge in [-0.25, -0.2) is 4.39 Å². The van der Waals surface area contributed by atoms with Crippen molar-refractivity contribution in [1.82, 2.24) is 0 Å². The lowest BCUT2D eigenvalue weighted by atomic mass is 9.99. The molecule has 1 unspecified atom stereocenters. The van der Waals surface area contributed by atoms with Gasteiger partial charge >= 0.3 is 0 Å². The van der Waals surface area contributed by atoms with E-state index < -0.39 is 0 Å². The van der Waals surface area contributed by atoms with E-state index in [4.69, 9.17) is 10.5 Å². The highest BCUT2D eigenvalue weighted by Gasteiger charge is 2.15. The summed E-state index contributed by atoms with van der Waals surface area (Å²) in [5.74, 6) is 0.210. The Morgan fingerprint density at radius 3 is 2.50 bits per heavy atom. The number of nitrogens with two attached hydrogens (primary N) is 1. The van der Waals surface area contributed by atoms with E-state index in [9.17, 15) is 4.39 Å². The van der Waals surface area contributed by atoms with E-state index >= 15 is 0 Å². The third-order valence-corrected chi connectivity index (χ3v) is 4.15. The van der Waals surface area contributed by atoms with Crippen molar-refractivity contribution in [3.8, 4) is 5.75 Å². The average molecular weight is 346 g/mol. The standard InChI is InChI=1S/C16H25BrFNO/c1-3-4-5-6-7-8-9-15(19)12-10-13(17)14(18)11-16(12)20-2/h10-11,15H,3-9,19H2,1-2H3. The molecule has 1 atom stereocenters. The Morgan fingerprint density at radius 2 is 1.85 bits per heavy atom. The highest BCUT2D eigenvalue weighted by molar-refractivity contribution is 9.10. The van der Waals surface area contributed by atoms with Crippen molar-refractivity contribution in [1.29, 1.82) is 0 Å². The van der Waals surface area contributed by atoms with Gasteiger partial charge < -0.3 is 10.5 Å². The topological polar surface area (TPSA) is 35.2 Å². The van der Waals surface area contributed by atoms with Crippen molar-refractivity contribution in [2.24, 2.45) is 5.73 Å². The maximum absolute atomic E-state index is 13.5. The molecule has 2 nitrogen and oxygen atoms in total. The number of hydrogen-bond acceptors (Lipinski definition) is 2. The van der Waals surface area contributed by atoms with Gasteiger partial charge in [0, 0.05) is 17.7 Å². The minimum Gasteiger partial charge on any atom is -0.496 e. The Morgan fingerprint density at radius 1 is 1.20 bits per heavy atom. The zero-order valence-electron chi connectivity index (χ0n) is 12.4. The number of methoxy groups -OCH3 is 1. The quantitative estimate of drug-likeness (QED) is 0.612. The summed E-state index contributed by atoms with van der Waals surface area (Å²) < 4.78 is 19.1. The Bertz CT molecular complexity index is 412. The van der Waals surface area contributed by atoms with Gasteiger partial charge in [0.05, 0.1) is 11.6 Å². The van der Waals surface area contributed by atoms with E-state index in [0.29, 0.717) is 10.2 Å². The Kier molecular flexibility index (Phi) is 8.15. The predicted octanol–water partition coefficient (Wildman–Crippen LogP) is 5.35. The van der Waals surface area contributed by atoms with Gasteiger partial charge in [0.1, 0.15) is 11.6 Å². The first kappa shape index (κ1) is 17.4. The van der Waals surface area contributed by atoms with Crippen LogP contribution in [-0.2, 0) is 0 Å². The molecule has 20 heavy (non-hydrogen) atoms. The zero-order chi connectivity index (χ0) is 15.0. The van der Waals surface area contributed by atoms with E-state index in [1.807, 2.05) is 0 Å². The molecular formula is C16H25BrFNO. The maximum atomic E-state index is 13.5. The molecule has 0 radical (unpaired) electrons. The Hall–Kier alpha value is -0.610. The van der Waals surface area contributed by atoms with Crippen LogP contribution in [0.1, 0.15) is 63.5 Å². The maximum Gasteiger partial charge on any atom is 0.141 e. The second kappa shape index (κ2) is 9.35. The van der Waals surface area contributed by atoms with Crippen LogP contribution in [0.5, 0.6) is 5.75 Å². The third-order valence-electron chi connectivity index (χ3n) is 3.54. The molecule has 0 aliphatic carbocycles. The smallest absolute Gasteiger partial charge is 0.141 e. The number of ether oxygens (including phenoxy) is 1. The van der Waals surface area contributed by atoms with Crippen LogP contribution < -0.4 is 10.5 Å². The second-order valence-electron chi connectivity index (χ2n) is 5.17. The van der Waals surface area contributed by atoms with Gasteiger partial charge in [-0.1, -0.05) is 45.4 Å². The minimum atomic E-state index is -0.322. The number of rotatable bonds is 9. The molecule has 0 fully saturated rings. The van der Waals surface area contributed by atoms with Crippen LogP contribution in [0.25, 0.3) is 0 Å². The first-order valence-corrected chi connectivity index (χ1v) is 8.18. The van der Waals surface area contributed by atoms with Gasteiger partial charge in [0.15, 0.2) is 0 Å². The van der Waals surface area contributed by atoms with Crippen molar-refractivity contribution in [2.45, 2.75) is 57.9 Å². The van der Waals surface area contributed by atoms with Crippen LogP contribution in [0, 0.1) is 5.82 Å². The lowest BCUT2D eigenvalue weighted by Gasteiger charge is -2.16. The van der Waals surface area contributed by atoms with Gasteiger partial charge in [-0.05, 0) is 28.4 Å². The number of unbranched alkanes of at least 4 members (excludes halogenated alkanes) is 5. The Balaban J connectivity index is 2.50. The molecular weight excluding hydrogens is 321 g/mol. The summed E-state index contributed by atoms with van der Waals surface area (Å²) in [7, 11) is 1.55. The molecule has 1 aromatic carbocycles. The van der Waals surface area contributed by atoms with E-state index in [0.717, 1.165) is 18.4 Å². The van der Waals surface area contributed by atoms with Crippen molar-refractivity contribution < 1.29 is 9.13 Å². The molecule has 0 aromatic heterocycles. The van der Waals surface area contributed by atoms with E-state index in [-0.39, 0.29) is 11.9 Å². The van der Waals surface area contributed by atoms with Gasteiger partial charge in [0.2, 0.25) is 0 Å². The highest BCUT2D eigenvalue weighted by Crippen LogP contribution is 2.32. The molecule has 1 rings (SSSR count). The summed E-state index contributed by atoms with van der Waals surface area (Å²) in [6, 6.07) is 3.02. The normalized spacial score (nSPS) is 12.4. The minimum absolute atomic E-state index is 0.104. The second-order valence-corrected chi connectivity index (χ2v) is 6.03. The zero-order valence-corrected chi connectivity index (χ0v) is 14.0. The van der Waals surface area contributed by atoms with Crippen LogP contribution in [0.2, 0.25) is 0 Å². The van der Waals surface area contributed by atoms with E-state index in [1.54, 1.807) is 13.2 Å². The monoisotopic (exact) mass is 345 g/mol. The van der Waals surface area contributed by atoms with Crippen LogP contribution in [-0.4, -0.2) is 7.11 Å². The number of hydrogen-bond donors (Lipinski definition) is 1. The predicted molar refractivity (Wildman–Crippen MR) is 85.6 cm³/mol. The first-order valence-electron chi connectivity index (χ1n) is 7.38. The molecule has 0 amide bonds. The van der Waals surface area contributed by atoms with Crippen molar-refractivity contribution in [2.75, 3.05) is 7.11 Å². The summed E-state index contributed by atoms with van der Waals surface area (Å²) in [4.78, 5) is 0. The van der Waals surface area contributed by atoms with Gasteiger partial charge in [-0.15, -0.1) is 0 Å². The van der Waals surface area contributed by atoms with Gasteiger partial charge in [0.25, 0.3) is 0 Å². The van der Waals surface area contributed by atoms with Crippen LogP contribution in [0.15, 0.2) is 16.6 Å². The molecule has 0 spiro atoms. The molecule has 0 bridgehead atoms. The summed E-state index contributed by atoms with van der Waals surface area (Å²) in [5, 5.41) is 0. The molecule has 2 N–H and O–H groups in total. The molecule has 0 heterocycles. The SMILES string of the molecule is CCCCCCCCC(N)c1cc(Br)c(F)cc1OC. The van der Waals surface area contributed by atoms with E-state index in [1.165, 1.54) is 38.2 Å². The van der Waals surface area contributed by atoms with Crippen LogP contribution in [0.3, 0.4) is 0 Å². The number of halogens is 2. The summed E-state index contributed by atoms with van der Waals surface area (Å²) >= 11 is 3.20. The fourth-order valence-corrected chi connectivity index (χ4v) is 2.67. The first-order chi connectivity index (χ1) is 9.60. The summed E-state index contributed by atoms with van der Waals surface area (Å²) in [6.45, 7) is 2.22. The molecule has 1 aromatic rings. The molecule has 0 saturated heterocycles. The van der Waals surface area contributed by atoms with E-state index in [2.05, 4.69) is 22.9 Å². The largest absolute Gasteiger partial charge is 0.496 e. The molecule has 0 aliphatic rings. The van der Waals surface area contributed by atoms with Gasteiger partial charge in [-0.3, -0.25) is 0 Å².